The highest BCUT2D eigenvalue weighted by Crippen LogP contribution is 2.20. The highest BCUT2D eigenvalue weighted by atomic mass is 79.9. The fraction of sp³-hybridized carbons (Fsp3) is 0.100. The zero-order valence-corrected chi connectivity index (χ0v) is 15.4. The first-order valence-electron chi connectivity index (χ1n) is 7.92. The van der Waals surface area contributed by atoms with Crippen molar-refractivity contribution in [1.29, 1.82) is 0 Å². The first kappa shape index (κ1) is 17.2. The number of aryl methyl sites for hydroxylation is 1. The predicted molar refractivity (Wildman–Crippen MR) is 104 cm³/mol. The smallest absolute Gasteiger partial charge is 0.253 e. The van der Waals surface area contributed by atoms with Gasteiger partial charge in [0.15, 0.2) is 0 Å². The maximum Gasteiger partial charge on any atom is 0.253 e. The molecule has 126 valence electrons. The Kier molecular flexibility index (Phi) is 5.46. The molecule has 0 saturated heterocycles. The van der Waals surface area contributed by atoms with Gasteiger partial charge in [-0.2, -0.15) is 0 Å². The van der Waals surface area contributed by atoms with Gasteiger partial charge in [-0.3, -0.25) is 9.78 Å². The number of amides is 1. The van der Waals surface area contributed by atoms with Crippen molar-refractivity contribution in [1.82, 2.24) is 10.3 Å². The third kappa shape index (κ3) is 4.67. The molecule has 1 amide bonds. The van der Waals surface area contributed by atoms with E-state index in [9.17, 15) is 4.79 Å². The Morgan fingerprint density at radius 1 is 1.04 bits per heavy atom. The minimum absolute atomic E-state index is 0.145. The number of carbonyl (C=O) groups is 1. The van der Waals surface area contributed by atoms with Gasteiger partial charge >= 0.3 is 0 Å². The van der Waals surface area contributed by atoms with Crippen LogP contribution >= 0.6 is 15.9 Å². The fourth-order valence-electron chi connectivity index (χ4n) is 2.45. The maximum absolute atomic E-state index is 12.4. The van der Waals surface area contributed by atoms with Gasteiger partial charge in [0.2, 0.25) is 0 Å². The molecule has 0 aliphatic heterocycles. The van der Waals surface area contributed by atoms with Crippen molar-refractivity contribution < 1.29 is 4.79 Å². The van der Waals surface area contributed by atoms with Gasteiger partial charge in [0.25, 0.3) is 5.91 Å². The topological polar surface area (TPSA) is 54.0 Å². The van der Waals surface area contributed by atoms with Crippen LogP contribution in [0.3, 0.4) is 0 Å². The lowest BCUT2D eigenvalue weighted by Gasteiger charge is -2.10. The second kappa shape index (κ2) is 7.94. The lowest BCUT2D eigenvalue weighted by molar-refractivity contribution is 0.0950. The molecule has 25 heavy (non-hydrogen) atoms. The minimum Gasteiger partial charge on any atom is -0.354 e. The molecule has 0 bridgehead atoms. The number of benzene rings is 2. The van der Waals surface area contributed by atoms with Crippen LogP contribution < -0.4 is 10.6 Å². The average Bonchev–Trinajstić information content (AvgIpc) is 2.61. The van der Waals surface area contributed by atoms with Crippen molar-refractivity contribution >= 4 is 33.2 Å². The van der Waals surface area contributed by atoms with E-state index in [1.165, 1.54) is 0 Å². The van der Waals surface area contributed by atoms with E-state index in [1.54, 1.807) is 18.5 Å². The van der Waals surface area contributed by atoms with Crippen LogP contribution in [0.25, 0.3) is 0 Å². The molecule has 2 aromatic carbocycles. The van der Waals surface area contributed by atoms with Crippen LogP contribution in [0, 0.1) is 6.92 Å². The van der Waals surface area contributed by atoms with E-state index in [0.29, 0.717) is 12.1 Å². The first-order valence-corrected chi connectivity index (χ1v) is 8.71. The van der Waals surface area contributed by atoms with Gasteiger partial charge in [0, 0.05) is 22.9 Å². The van der Waals surface area contributed by atoms with Gasteiger partial charge < -0.3 is 10.6 Å². The van der Waals surface area contributed by atoms with Crippen LogP contribution in [0.5, 0.6) is 0 Å². The van der Waals surface area contributed by atoms with Gasteiger partial charge in [-0.25, -0.2) is 0 Å². The maximum atomic E-state index is 12.4. The Hall–Kier alpha value is -2.66. The van der Waals surface area contributed by atoms with E-state index in [-0.39, 0.29) is 5.91 Å². The Morgan fingerprint density at radius 3 is 2.68 bits per heavy atom. The summed E-state index contributed by atoms with van der Waals surface area (Å²) < 4.78 is 0.984. The van der Waals surface area contributed by atoms with Crippen molar-refractivity contribution in [3.8, 4) is 0 Å². The summed E-state index contributed by atoms with van der Waals surface area (Å²) in [6, 6.07) is 17.6. The number of rotatable bonds is 5. The number of hydrogen-bond acceptors (Lipinski definition) is 3. The van der Waals surface area contributed by atoms with Gasteiger partial charge in [0.1, 0.15) is 0 Å². The number of carbonyl (C=O) groups excluding carboxylic acids is 1. The van der Waals surface area contributed by atoms with E-state index in [1.807, 2.05) is 55.5 Å². The summed E-state index contributed by atoms with van der Waals surface area (Å²) >= 11 is 3.44. The highest BCUT2D eigenvalue weighted by molar-refractivity contribution is 9.10. The molecule has 0 radical (unpaired) electrons. The van der Waals surface area contributed by atoms with Gasteiger partial charge in [-0.15, -0.1) is 0 Å². The van der Waals surface area contributed by atoms with Crippen molar-refractivity contribution in [2.45, 2.75) is 13.5 Å². The monoisotopic (exact) mass is 395 g/mol. The number of halogens is 1. The van der Waals surface area contributed by atoms with Gasteiger partial charge in [0.05, 0.1) is 17.4 Å². The summed E-state index contributed by atoms with van der Waals surface area (Å²) in [5.41, 5.74) is 4.47. The zero-order valence-electron chi connectivity index (χ0n) is 13.8. The number of pyridine rings is 1. The number of hydrogen-bond donors (Lipinski definition) is 2. The van der Waals surface area contributed by atoms with Gasteiger partial charge in [-0.1, -0.05) is 46.3 Å². The molecule has 0 fully saturated rings. The van der Waals surface area contributed by atoms with Crippen molar-refractivity contribution in [3.05, 3.63) is 88.2 Å². The van der Waals surface area contributed by atoms with Crippen LogP contribution in [0.15, 0.2) is 71.5 Å². The Morgan fingerprint density at radius 2 is 1.88 bits per heavy atom. The summed E-state index contributed by atoms with van der Waals surface area (Å²) in [4.78, 5) is 16.6. The molecule has 1 aromatic heterocycles. The first-order chi connectivity index (χ1) is 12.1. The third-order valence-corrected chi connectivity index (χ3v) is 4.31. The Balaban J connectivity index is 1.68. The van der Waals surface area contributed by atoms with E-state index in [2.05, 4.69) is 31.5 Å². The Labute approximate surface area is 155 Å². The number of nitrogens with one attached hydrogen (secondary N) is 2. The standard InChI is InChI=1S/C20H18BrN3O/c1-14-5-2-3-6-15(14)12-23-20(25)16-9-19(13-22-11-16)24-18-8-4-7-17(21)10-18/h2-11,13,24H,12H2,1H3,(H,23,25). The largest absolute Gasteiger partial charge is 0.354 e. The summed E-state index contributed by atoms with van der Waals surface area (Å²) in [7, 11) is 0. The second-order valence-electron chi connectivity index (χ2n) is 5.71. The molecular formula is C20H18BrN3O. The van der Waals surface area contributed by atoms with Gasteiger partial charge in [-0.05, 0) is 42.3 Å². The average molecular weight is 396 g/mol. The lowest BCUT2D eigenvalue weighted by Crippen LogP contribution is -2.23. The van der Waals surface area contributed by atoms with Crippen molar-refractivity contribution in [2.75, 3.05) is 5.32 Å². The SMILES string of the molecule is Cc1ccccc1CNC(=O)c1cncc(Nc2cccc(Br)c2)c1. The normalized spacial score (nSPS) is 10.3. The number of nitrogens with zero attached hydrogens (tertiary/aromatic N) is 1. The summed E-state index contributed by atoms with van der Waals surface area (Å²) in [5, 5.41) is 6.19. The van der Waals surface area contributed by atoms with Crippen molar-refractivity contribution in [2.24, 2.45) is 0 Å². The molecule has 5 heteroatoms. The van der Waals surface area contributed by atoms with Crippen LogP contribution in [-0.4, -0.2) is 10.9 Å². The molecule has 2 N–H and O–H groups in total. The molecule has 1 heterocycles. The summed E-state index contributed by atoms with van der Waals surface area (Å²) in [6.07, 6.45) is 3.26. The highest BCUT2D eigenvalue weighted by Gasteiger charge is 2.08. The molecule has 0 saturated carbocycles. The predicted octanol–water partition coefficient (Wildman–Crippen LogP) is 4.83. The number of anilines is 2. The summed E-state index contributed by atoms with van der Waals surface area (Å²) in [6.45, 7) is 2.53. The molecule has 0 spiro atoms. The lowest BCUT2D eigenvalue weighted by atomic mass is 10.1. The van der Waals surface area contributed by atoms with Crippen LogP contribution in [0.4, 0.5) is 11.4 Å². The Bertz CT molecular complexity index is 895. The molecular weight excluding hydrogens is 378 g/mol. The quantitative estimate of drug-likeness (QED) is 0.650. The third-order valence-electron chi connectivity index (χ3n) is 3.81. The molecule has 3 rings (SSSR count). The number of aromatic nitrogens is 1. The van der Waals surface area contributed by atoms with Crippen molar-refractivity contribution in [3.63, 3.8) is 0 Å². The van der Waals surface area contributed by atoms with E-state index in [0.717, 1.165) is 27.0 Å². The second-order valence-corrected chi connectivity index (χ2v) is 6.62. The van der Waals surface area contributed by atoms with E-state index < -0.39 is 0 Å². The molecule has 3 aromatic rings. The molecule has 0 aliphatic carbocycles. The molecule has 4 nitrogen and oxygen atoms in total. The molecule has 0 atom stereocenters. The molecule has 0 aliphatic rings. The summed E-state index contributed by atoms with van der Waals surface area (Å²) in [5.74, 6) is -0.145. The van der Waals surface area contributed by atoms with E-state index in [4.69, 9.17) is 0 Å². The minimum atomic E-state index is -0.145. The van der Waals surface area contributed by atoms with Crippen LogP contribution in [0.2, 0.25) is 0 Å². The fourth-order valence-corrected chi connectivity index (χ4v) is 2.85. The molecule has 0 unspecified atom stereocenters. The van der Waals surface area contributed by atoms with Crippen LogP contribution in [0.1, 0.15) is 21.5 Å². The van der Waals surface area contributed by atoms with E-state index >= 15 is 0 Å². The zero-order chi connectivity index (χ0) is 17.6. The van der Waals surface area contributed by atoms with Crippen LogP contribution in [-0.2, 0) is 6.54 Å².